The number of rotatable bonds is 3. The van der Waals surface area contributed by atoms with Crippen LogP contribution < -0.4 is 14.4 Å². The highest BCUT2D eigenvalue weighted by molar-refractivity contribution is 6.30. The van der Waals surface area contributed by atoms with Gasteiger partial charge in [-0.05, 0) is 29.8 Å². The molecule has 0 atom stereocenters. The number of hydrogen-bond acceptors (Lipinski definition) is 5. The van der Waals surface area contributed by atoms with E-state index in [1.165, 1.54) is 0 Å². The third-order valence-corrected chi connectivity index (χ3v) is 4.68. The van der Waals surface area contributed by atoms with Gasteiger partial charge in [0.25, 0.3) is 0 Å². The van der Waals surface area contributed by atoms with Crippen molar-refractivity contribution in [2.24, 2.45) is 0 Å². The predicted octanol–water partition coefficient (Wildman–Crippen LogP) is 2.36. The minimum Gasteiger partial charge on any atom is -0.454 e. The Bertz CT molecular complexity index is 774. The topological polar surface area (TPSA) is 54.9 Å². The lowest BCUT2D eigenvalue weighted by molar-refractivity contribution is -0.130. The summed E-state index contributed by atoms with van der Waals surface area (Å²) in [4.78, 5) is 21.0. The molecule has 0 aliphatic carbocycles. The van der Waals surface area contributed by atoms with E-state index in [0.29, 0.717) is 30.3 Å². The molecule has 7 heteroatoms. The van der Waals surface area contributed by atoms with Gasteiger partial charge in [-0.15, -0.1) is 0 Å². The average Bonchev–Trinajstić information content (AvgIpc) is 3.10. The Morgan fingerprint density at radius 2 is 1.88 bits per heavy atom. The number of hydrogen-bond donors (Lipinski definition) is 0. The van der Waals surface area contributed by atoms with Crippen molar-refractivity contribution in [1.29, 1.82) is 0 Å². The van der Waals surface area contributed by atoms with Crippen LogP contribution in [0.5, 0.6) is 11.5 Å². The van der Waals surface area contributed by atoms with Crippen LogP contribution in [0.25, 0.3) is 0 Å². The zero-order valence-corrected chi connectivity index (χ0v) is 14.4. The van der Waals surface area contributed by atoms with Crippen molar-refractivity contribution in [1.82, 2.24) is 9.88 Å². The fraction of sp³-hybridized carbons (Fsp3) is 0.333. The highest BCUT2D eigenvalue weighted by atomic mass is 35.5. The SMILES string of the molecule is O=C(Cc1ccc2c(c1)OCO2)N1CCN(c2ccc(Cl)cn2)CC1. The summed E-state index contributed by atoms with van der Waals surface area (Å²) in [6, 6.07) is 9.40. The van der Waals surface area contributed by atoms with Crippen molar-refractivity contribution in [3.8, 4) is 11.5 Å². The van der Waals surface area contributed by atoms with Crippen LogP contribution in [-0.2, 0) is 11.2 Å². The number of halogens is 1. The van der Waals surface area contributed by atoms with Gasteiger partial charge in [0.05, 0.1) is 11.4 Å². The third kappa shape index (κ3) is 3.49. The molecule has 0 radical (unpaired) electrons. The summed E-state index contributed by atoms with van der Waals surface area (Å²) in [6.45, 7) is 3.15. The van der Waals surface area contributed by atoms with Crippen molar-refractivity contribution in [3.63, 3.8) is 0 Å². The standard InChI is InChI=1S/C18H18ClN3O3/c19-14-2-4-17(20-11-14)21-5-7-22(8-6-21)18(23)10-13-1-3-15-16(9-13)25-12-24-15/h1-4,9,11H,5-8,10,12H2. The van der Waals surface area contributed by atoms with E-state index in [1.807, 2.05) is 35.2 Å². The third-order valence-electron chi connectivity index (χ3n) is 4.46. The fourth-order valence-electron chi connectivity index (χ4n) is 3.08. The average molecular weight is 360 g/mol. The van der Waals surface area contributed by atoms with E-state index in [2.05, 4.69) is 9.88 Å². The molecule has 1 aromatic heterocycles. The zero-order valence-electron chi connectivity index (χ0n) is 13.7. The number of anilines is 1. The molecule has 2 aromatic rings. The van der Waals surface area contributed by atoms with Gasteiger partial charge in [0.2, 0.25) is 12.7 Å². The highest BCUT2D eigenvalue weighted by Crippen LogP contribution is 2.32. The first-order valence-electron chi connectivity index (χ1n) is 8.22. The summed E-state index contributed by atoms with van der Waals surface area (Å²) in [7, 11) is 0. The maximum Gasteiger partial charge on any atom is 0.231 e. The van der Waals surface area contributed by atoms with Crippen LogP contribution in [0.3, 0.4) is 0 Å². The van der Waals surface area contributed by atoms with E-state index in [-0.39, 0.29) is 12.7 Å². The van der Waals surface area contributed by atoms with E-state index < -0.39 is 0 Å². The van der Waals surface area contributed by atoms with Crippen LogP contribution in [-0.4, -0.2) is 48.8 Å². The van der Waals surface area contributed by atoms with E-state index in [9.17, 15) is 4.79 Å². The minimum absolute atomic E-state index is 0.127. The number of benzene rings is 1. The lowest BCUT2D eigenvalue weighted by atomic mass is 10.1. The number of carbonyl (C=O) groups excluding carboxylic acids is 1. The fourth-order valence-corrected chi connectivity index (χ4v) is 3.19. The van der Waals surface area contributed by atoms with E-state index in [1.54, 1.807) is 6.20 Å². The summed E-state index contributed by atoms with van der Waals surface area (Å²) >= 11 is 5.88. The quantitative estimate of drug-likeness (QED) is 0.842. The summed E-state index contributed by atoms with van der Waals surface area (Å²) in [5, 5.41) is 0.626. The van der Waals surface area contributed by atoms with E-state index in [4.69, 9.17) is 21.1 Å². The number of carbonyl (C=O) groups is 1. The second kappa shape index (κ2) is 6.80. The summed E-state index contributed by atoms with van der Waals surface area (Å²) in [5.41, 5.74) is 0.941. The van der Waals surface area contributed by atoms with E-state index in [0.717, 1.165) is 30.2 Å². The van der Waals surface area contributed by atoms with Crippen molar-refractivity contribution >= 4 is 23.3 Å². The number of amides is 1. The molecule has 6 nitrogen and oxygen atoms in total. The molecule has 25 heavy (non-hydrogen) atoms. The van der Waals surface area contributed by atoms with Gasteiger partial charge in [-0.3, -0.25) is 4.79 Å². The largest absolute Gasteiger partial charge is 0.454 e. The lowest BCUT2D eigenvalue weighted by Crippen LogP contribution is -2.49. The van der Waals surface area contributed by atoms with Crippen molar-refractivity contribution in [2.45, 2.75) is 6.42 Å². The normalized spacial score (nSPS) is 16.2. The Morgan fingerprint density at radius 1 is 1.08 bits per heavy atom. The Kier molecular flexibility index (Phi) is 4.36. The van der Waals surface area contributed by atoms with Crippen LogP contribution >= 0.6 is 11.6 Å². The van der Waals surface area contributed by atoms with Gasteiger partial charge in [0, 0.05) is 32.4 Å². The van der Waals surface area contributed by atoms with Crippen LogP contribution in [0, 0.1) is 0 Å². The minimum atomic E-state index is 0.127. The molecule has 2 aliphatic heterocycles. The Morgan fingerprint density at radius 3 is 2.64 bits per heavy atom. The Balaban J connectivity index is 1.34. The molecule has 4 rings (SSSR count). The molecule has 1 aromatic carbocycles. The maximum absolute atomic E-state index is 12.6. The van der Waals surface area contributed by atoms with E-state index >= 15 is 0 Å². The molecule has 2 aliphatic rings. The molecule has 0 N–H and O–H groups in total. The van der Waals surface area contributed by atoms with Crippen molar-refractivity contribution < 1.29 is 14.3 Å². The molecular weight excluding hydrogens is 342 g/mol. The summed E-state index contributed by atoms with van der Waals surface area (Å²) in [6.07, 6.45) is 2.02. The Hall–Kier alpha value is -2.47. The lowest BCUT2D eigenvalue weighted by Gasteiger charge is -2.35. The first-order chi connectivity index (χ1) is 12.2. The van der Waals surface area contributed by atoms with Crippen LogP contribution in [0.4, 0.5) is 5.82 Å². The van der Waals surface area contributed by atoms with Gasteiger partial charge in [-0.25, -0.2) is 4.98 Å². The molecule has 0 spiro atoms. The number of pyridine rings is 1. The van der Waals surface area contributed by atoms with Gasteiger partial charge in [0.15, 0.2) is 11.5 Å². The monoisotopic (exact) mass is 359 g/mol. The molecule has 0 unspecified atom stereocenters. The molecule has 130 valence electrons. The second-order valence-electron chi connectivity index (χ2n) is 6.07. The summed E-state index contributed by atoms with van der Waals surface area (Å²) < 4.78 is 10.7. The van der Waals surface area contributed by atoms with Crippen molar-refractivity contribution in [2.75, 3.05) is 37.9 Å². The molecular formula is C18H18ClN3O3. The molecule has 1 amide bonds. The van der Waals surface area contributed by atoms with Crippen LogP contribution in [0.15, 0.2) is 36.5 Å². The summed E-state index contributed by atoms with van der Waals surface area (Å²) in [5.74, 6) is 2.47. The van der Waals surface area contributed by atoms with Gasteiger partial charge in [-0.1, -0.05) is 17.7 Å². The first-order valence-corrected chi connectivity index (χ1v) is 8.60. The molecule has 1 fully saturated rings. The highest BCUT2D eigenvalue weighted by Gasteiger charge is 2.22. The molecule has 3 heterocycles. The number of nitrogens with zero attached hydrogens (tertiary/aromatic N) is 3. The maximum atomic E-state index is 12.6. The molecule has 0 bridgehead atoms. The number of piperazine rings is 1. The smallest absolute Gasteiger partial charge is 0.231 e. The van der Waals surface area contributed by atoms with Crippen LogP contribution in [0.1, 0.15) is 5.56 Å². The number of aromatic nitrogens is 1. The molecule has 0 saturated carbocycles. The second-order valence-corrected chi connectivity index (χ2v) is 6.50. The first kappa shape index (κ1) is 16.0. The van der Waals surface area contributed by atoms with Gasteiger partial charge in [0.1, 0.15) is 5.82 Å². The zero-order chi connectivity index (χ0) is 17.2. The molecule has 1 saturated heterocycles. The number of fused-ring (bicyclic) bond motifs is 1. The van der Waals surface area contributed by atoms with Gasteiger partial charge < -0.3 is 19.3 Å². The van der Waals surface area contributed by atoms with Gasteiger partial charge in [-0.2, -0.15) is 0 Å². The van der Waals surface area contributed by atoms with Gasteiger partial charge >= 0.3 is 0 Å². The van der Waals surface area contributed by atoms with Crippen LogP contribution in [0.2, 0.25) is 5.02 Å². The van der Waals surface area contributed by atoms with Crippen molar-refractivity contribution in [3.05, 3.63) is 47.1 Å². The Labute approximate surface area is 150 Å². The number of ether oxygens (including phenoxy) is 2. The predicted molar refractivity (Wildman–Crippen MR) is 94.3 cm³/mol.